The summed E-state index contributed by atoms with van der Waals surface area (Å²) in [5, 5.41) is 9.20. The Kier molecular flexibility index (Phi) is 3.75. The van der Waals surface area contributed by atoms with Gasteiger partial charge in [0.1, 0.15) is 0 Å². The van der Waals surface area contributed by atoms with Crippen LogP contribution in [-0.4, -0.2) is 35.6 Å². The van der Waals surface area contributed by atoms with Crippen LogP contribution in [0.5, 0.6) is 0 Å². The van der Waals surface area contributed by atoms with Gasteiger partial charge in [0.25, 0.3) is 0 Å². The lowest BCUT2D eigenvalue weighted by atomic mass is 10.1. The van der Waals surface area contributed by atoms with Crippen LogP contribution in [0.2, 0.25) is 0 Å². The molecule has 1 aliphatic rings. The average molecular weight is 204 g/mol. The van der Waals surface area contributed by atoms with Crippen molar-refractivity contribution in [3.05, 3.63) is 11.6 Å². The SMILES string of the molecule is C=C(Cl)CN1CCC(CC(=O)O)C1. The summed E-state index contributed by atoms with van der Waals surface area (Å²) in [6.45, 7) is 6.06. The molecule has 0 aromatic rings. The maximum Gasteiger partial charge on any atom is 0.303 e. The first-order valence-electron chi connectivity index (χ1n) is 4.35. The number of carbonyl (C=O) groups is 1. The zero-order valence-electron chi connectivity index (χ0n) is 7.50. The molecule has 0 radical (unpaired) electrons. The smallest absolute Gasteiger partial charge is 0.303 e. The van der Waals surface area contributed by atoms with E-state index in [-0.39, 0.29) is 12.3 Å². The highest BCUT2D eigenvalue weighted by atomic mass is 35.5. The minimum absolute atomic E-state index is 0.269. The molecule has 0 spiro atoms. The highest BCUT2D eigenvalue weighted by molar-refractivity contribution is 6.29. The lowest BCUT2D eigenvalue weighted by molar-refractivity contribution is -0.138. The molecule has 13 heavy (non-hydrogen) atoms. The van der Waals surface area contributed by atoms with Crippen LogP contribution >= 0.6 is 11.6 Å². The van der Waals surface area contributed by atoms with E-state index in [1.54, 1.807) is 0 Å². The summed E-state index contributed by atoms with van der Waals surface area (Å²) >= 11 is 5.66. The maximum atomic E-state index is 10.4. The van der Waals surface area contributed by atoms with Gasteiger partial charge in [-0.1, -0.05) is 18.2 Å². The molecule has 0 amide bonds. The van der Waals surface area contributed by atoms with Crippen LogP contribution in [0.1, 0.15) is 12.8 Å². The first kappa shape index (κ1) is 10.5. The first-order valence-corrected chi connectivity index (χ1v) is 4.73. The number of halogens is 1. The normalized spacial score (nSPS) is 23.3. The predicted octanol–water partition coefficient (Wildman–Crippen LogP) is 1.54. The molecule has 0 aromatic carbocycles. The summed E-state index contributed by atoms with van der Waals surface area (Å²) in [5.41, 5.74) is 0. The van der Waals surface area contributed by atoms with Gasteiger partial charge in [0.2, 0.25) is 0 Å². The lowest BCUT2D eigenvalue weighted by Gasteiger charge is -2.13. The Balaban J connectivity index is 2.27. The predicted molar refractivity (Wildman–Crippen MR) is 51.8 cm³/mol. The zero-order valence-corrected chi connectivity index (χ0v) is 8.26. The van der Waals surface area contributed by atoms with Crippen molar-refractivity contribution in [2.45, 2.75) is 12.8 Å². The van der Waals surface area contributed by atoms with Gasteiger partial charge in [-0.2, -0.15) is 0 Å². The third-order valence-corrected chi connectivity index (χ3v) is 2.35. The molecule has 0 aliphatic carbocycles. The number of aliphatic carboxylic acids is 1. The minimum Gasteiger partial charge on any atom is -0.481 e. The maximum absolute atomic E-state index is 10.4. The second-order valence-corrected chi connectivity index (χ2v) is 4.04. The third-order valence-electron chi connectivity index (χ3n) is 2.23. The Morgan fingerprint density at radius 1 is 1.69 bits per heavy atom. The summed E-state index contributed by atoms with van der Waals surface area (Å²) in [5.74, 6) is -0.426. The van der Waals surface area contributed by atoms with E-state index in [2.05, 4.69) is 11.5 Å². The van der Waals surface area contributed by atoms with Gasteiger partial charge in [-0.25, -0.2) is 0 Å². The van der Waals surface area contributed by atoms with Crippen molar-refractivity contribution in [3.8, 4) is 0 Å². The fourth-order valence-electron chi connectivity index (χ4n) is 1.71. The molecule has 1 atom stereocenters. The van der Waals surface area contributed by atoms with Gasteiger partial charge in [0, 0.05) is 24.5 Å². The van der Waals surface area contributed by atoms with Crippen molar-refractivity contribution in [3.63, 3.8) is 0 Å². The van der Waals surface area contributed by atoms with Crippen LogP contribution in [0.3, 0.4) is 0 Å². The van der Waals surface area contributed by atoms with Crippen molar-refractivity contribution in [1.82, 2.24) is 4.90 Å². The van der Waals surface area contributed by atoms with Crippen LogP contribution in [-0.2, 0) is 4.79 Å². The Bertz CT molecular complexity index is 196. The lowest BCUT2D eigenvalue weighted by Crippen LogP contribution is -2.22. The monoisotopic (exact) mass is 203 g/mol. The molecule has 1 saturated heterocycles. The van der Waals surface area contributed by atoms with Crippen molar-refractivity contribution >= 4 is 17.6 Å². The molecule has 3 nitrogen and oxygen atoms in total. The molecule has 74 valence electrons. The number of likely N-dealkylation sites (tertiary alicyclic amines) is 1. The number of hydrogen-bond acceptors (Lipinski definition) is 2. The van der Waals surface area contributed by atoms with E-state index in [1.807, 2.05) is 0 Å². The van der Waals surface area contributed by atoms with Crippen molar-refractivity contribution in [2.75, 3.05) is 19.6 Å². The Hall–Kier alpha value is -0.540. The zero-order chi connectivity index (χ0) is 9.84. The van der Waals surface area contributed by atoms with Crippen molar-refractivity contribution < 1.29 is 9.90 Å². The van der Waals surface area contributed by atoms with Gasteiger partial charge in [-0.3, -0.25) is 9.69 Å². The number of carboxylic acid groups (broad SMARTS) is 1. The Morgan fingerprint density at radius 2 is 2.38 bits per heavy atom. The molecule has 1 N–H and O–H groups in total. The van der Waals surface area contributed by atoms with Crippen LogP contribution in [0, 0.1) is 5.92 Å². The van der Waals surface area contributed by atoms with Crippen LogP contribution < -0.4 is 0 Å². The largest absolute Gasteiger partial charge is 0.481 e. The summed E-state index contributed by atoms with van der Waals surface area (Å²) in [6.07, 6.45) is 1.22. The molecule has 4 heteroatoms. The molecular formula is C9H14ClNO2. The third kappa shape index (κ3) is 3.79. The molecule has 1 heterocycles. The highest BCUT2D eigenvalue weighted by Crippen LogP contribution is 2.20. The van der Waals surface area contributed by atoms with Gasteiger partial charge in [0.05, 0.1) is 0 Å². The van der Waals surface area contributed by atoms with E-state index in [9.17, 15) is 4.79 Å². The molecule has 1 rings (SSSR count). The summed E-state index contributed by atoms with van der Waals surface area (Å²) in [4.78, 5) is 12.6. The van der Waals surface area contributed by atoms with Gasteiger partial charge in [-0.05, 0) is 18.9 Å². The Labute approximate surface area is 83.0 Å². The van der Waals surface area contributed by atoms with Gasteiger partial charge in [-0.15, -0.1) is 0 Å². The number of hydrogen-bond donors (Lipinski definition) is 1. The topological polar surface area (TPSA) is 40.5 Å². The molecule has 1 aliphatic heterocycles. The van der Waals surface area contributed by atoms with Crippen molar-refractivity contribution in [1.29, 1.82) is 0 Å². The van der Waals surface area contributed by atoms with Gasteiger partial charge < -0.3 is 5.11 Å². The number of carboxylic acids is 1. The summed E-state index contributed by atoms with van der Waals surface area (Å²) in [7, 11) is 0. The van der Waals surface area contributed by atoms with E-state index in [1.165, 1.54) is 0 Å². The second-order valence-electron chi connectivity index (χ2n) is 3.50. The molecule has 0 saturated carbocycles. The van der Waals surface area contributed by atoms with E-state index in [4.69, 9.17) is 16.7 Å². The van der Waals surface area contributed by atoms with E-state index >= 15 is 0 Å². The van der Waals surface area contributed by atoms with Gasteiger partial charge in [0.15, 0.2) is 0 Å². The van der Waals surface area contributed by atoms with E-state index in [0.29, 0.717) is 11.6 Å². The molecule has 1 unspecified atom stereocenters. The summed E-state index contributed by atoms with van der Waals surface area (Å²) in [6, 6.07) is 0. The molecular weight excluding hydrogens is 190 g/mol. The second kappa shape index (κ2) is 4.63. The molecule has 0 aromatic heterocycles. The highest BCUT2D eigenvalue weighted by Gasteiger charge is 2.24. The van der Waals surface area contributed by atoms with Gasteiger partial charge >= 0.3 is 5.97 Å². The molecule has 0 bridgehead atoms. The Morgan fingerprint density at radius 3 is 2.92 bits per heavy atom. The first-order chi connectivity index (χ1) is 6.08. The average Bonchev–Trinajstić information content (AvgIpc) is 2.33. The number of nitrogens with zero attached hydrogens (tertiary/aromatic N) is 1. The fourth-order valence-corrected chi connectivity index (χ4v) is 1.88. The quantitative estimate of drug-likeness (QED) is 0.754. The number of rotatable bonds is 4. The van der Waals surface area contributed by atoms with E-state index in [0.717, 1.165) is 19.5 Å². The fraction of sp³-hybridized carbons (Fsp3) is 0.667. The minimum atomic E-state index is -0.712. The van der Waals surface area contributed by atoms with E-state index < -0.39 is 5.97 Å². The standard InChI is InChI=1S/C9H14ClNO2/c1-7(10)5-11-3-2-8(6-11)4-9(12)13/h8H,1-6H2,(H,12,13). The van der Waals surface area contributed by atoms with Crippen LogP contribution in [0.4, 0.5) is 0 Å². The van der Waals surface area contributed by atoms with Crippen molar-refractivity contribution in [2.24, 2.45) is 5.92 Å². The van der Waals surface area contributed by atoms with Crippen LogP contribution in [0.25, 0.3) is 0 Å². The van der Waals surface area contributed by atoms with Crippen LogP contribution in [0.15, 0.2) is 11.6 Å². The molecule has 1 fully saturated rings. The summed E-state index contributed by atoms with van der Waals surface area (Å²) < 4.78 is 0.